The van der Waals surface area contributed by atoms with Crippen molar-refractivity contribution in [2.45, 2.75) is 58.6 Å². The minimum Gasteiger partial charge on any atom is -0.490 e. The van der Waals surface area contributed by atoms with E-state index in [4.69, 9.17) is 4.74 Å². The maximum Gasteiger partial charge on any atom is 0.219 e. The fourth-order valence-corrected chi connectivity index (χ4v) is 3.66. The van der Waals surface area contributed by atoms with E-state index in [0.717, 1.165) is 54.4 Å². The first-order valence-corrected chi connectivity index (χ1v) is 8.46. The molecule has 1 aromatic heterocycles. The van der Waals surface area contributed by atoms with E-state index in [2.05, 4.69) is 17.1 Å². The van der Waals surface area contributed by atoms with E-state index in [-0.39, 0.29) is 12.0 Å². The number of fused-ring (bicyclic) bond motifs is 1. The number of amides is 1. The summed E-state index contributed by atoms with van der Waals surface area (Å²) in [5.74, 6) is 1.12. The van der Waals surface area contributed by atoms with Crippen LogP contribution in [0.2, 0.25) is 0 Å². The summed E-state index contributed by atoms with van der Waals surface area (Å²) < 4.78 is 6.24. The van der Waals surface area contributed by atoms with E-state index in [1.807, 2.05) is 30.2 Å². The van der Waals surface area contributed by atoms with Crippen LogP contribution in [-0.2, 0) is 4.79 Å². The first kappa shape index (κ1) is 15.8. The maximum absolute atomic E-state index is 11.7. The van der Waals surface area contributed by atoms with Crippen molar-refractivity contribution >= 4 is 16.8 Å². The third-order valence-electron chi connectivity index (χ3n) is 4.97. The predicted molar refractivity (Wildman–Crippen MR) is 90.6 cm³/mol. The Kier molecular flexibility index (Phi) is 4.55. The lowest BCUT2D eigenvalue weighted by Gasteiger charge is -2.36. The fraction of sp³-hybridized carbons (Fsp3) is 0.556. The van der Waals surface area contributed by atoms with Crippen molar-refractivity contribution in [3.05, 3.63) is 23.9 Å². The third kappa shape index (κ3) is 3.19. The number of aryl methyl sites for hydroxylation is 1. The molecular weight excluding hydrogens is 290 g/mol. The molecule has 0 saturated heterocycles. The first-order chi connectivity index (χ1) is 11.1. The van der Waals surface area contributed by atoms with Crippen molar-refractivity contribution in [3.8, 4) is 5.75 Å². The molecule has 5 heteroatoms. The summed E-state index contributed by atoms with van der Waals surface area (Å²) in [5.41, 5.74) is 2.18. The zero-order valence-electron chi connectivity index (χ0n) is 14.1. The van der Waals surface area contributed by atoms with Gasteiger partial charge in [0.15, 0.2) is 0 Å². The molecule has 124 valence electrons. The molecule has 1 amide bonds. The quantitative estimate of drug-likeness (QED) is 0.940. The molecule has 0 aliphatic heterocycles. The molecule has 1 fully saturated rings. The van der Waals surface area contributed by atoms with Crippen LogP contribution >= 0.6 is 0 Å². The second-order valence-electron chi connectivity index (χ2n) is 6.37. The monoisotopic (exact) mass is 315 g/mol. The number of carbonyl (C=O) groups excluding carboxylic acids is 1. The number of aromatic nitrogens is 2. The molecule has 1 aliphatic carbocycles. The summed E-state index contributed by atoms with van der Waals surface area (Å²) in [5, 5.41) is 8.19. The highest BCUT2D eigenvalue weighted by molar-refractivity contribution is 5.83. The number of nitrogens with one attached hydrogen (secondary N) is 1. The molecule has 1 heterocycles. The van der Waals surface area contributed by atoms with Crippen LogP contribution in [0, 0.1) is 6.92 Å². The minimum absolute atomic E-state index is 0.179. The summed E-state index contributed by atoms with van der Waals surface area (Å²) >= 11 is 0. The minimum atomic E-state index is 0.179. The van der Waals surface area contributed by atoms with Crippen LogP contribution in [0.4, 0.5) is 0 Å². The lowest BCUT2D eigenvalue weighted by atomic mass is 9.91. The lowest BCUT2D eigenvalue weighted by Crippen LogP contribution is -2.42. The van der Waals surface area contributed by atoms with E-state index < -0.39 is 0 Å². The van der Waals surface area contributed by atoms with Crippen LogP contribution in [0.1, 0.15) is 45.1 Å². The number of benzene rings is 1. The zero-order chi connectivity index (χ0) is 16.4. The number of hydrogen-bond acceptors (Lipinski definition) is 3. The molecule has 1 saturated carbocycles. The van der Waals surface area contributed by atoms with Crippen molar-refractivity contribution in [2.24, 2.45) is 0 Å². The van der Waals surface area contributed by atoms with Crippen LogP contribution in [0.15, 0.2) is 18.3 Å². The van der Waals surface area contributed by atoms with Gasteiger partial charge in [-0.05, 0) is 51.7 Å². The van der Waals surface area contributed by atoms with E-state index in [1.54, 1.807) is 6.92 Å². The fourth-order valence-electron chi connectivity index (χ4n) is 3.66. The molecule has 3 rings (SSSR count). The van der Waals surface area contributed by atoms with Crippen molar-refractivity contribution in [1.82, 2.24) is 15.1 Å². The number of nitrogens with zero attached hydrogens (tertiary/aromatic N) is 2. The second-order valence-corrected chi connectivity index (χ2v) is 6.37. The molecule has 2 aromatic rings. The molecule has 0 atom stereocenters. The molecular formula is C18H25N3O2. The van der Waals surface area contributed by atoms with Gasteiger partial charge in [-0.1, -0.05) is 0 Å². The number of H-pyrrole nitrogens is 1. The average Bonchev–Trinajstić information content (AvgIpc) is 3.01. The van der Waals surface area contributed by atoms with Crippen LogP contribution in [0.25, 0.3) is 10.9 Å². The molecule has 23 heavy (non-hydrogen) atoms. The summed E-state index contributed by atoms with van der Waals surface area (Å²) in [7, 11) is 0. The van der Waals surface area contributed by atoms with E-state index in [1.165, 1.54) is 0 Å². The van der Waals surface area contributed by atoms with Crippen molar-refractivity contribution in [1.29, 1.82) is 0 Å². The number of rotatable bonds is 4. The highest BCUT2D eigenvalue weighted by Crippen LogP contribution is 2.31. The van der Waals surface area contributed by atoms with Crippen molar-refractivity contribution in [3.63, 3.8) is 0 Å². The Morgan fingerprint density at radius 1 is 1.35 bits per heavy atom. The summed E-state index contributed by atoms with van der Waals surface area (Å²) in [6.07, 6.45) is 6.12. The molecule has 1 aromatic carbocycles. The largest absolute Gasteiger partial charge is 0.490 e. The van der Waals surface area contributed by atoms with Gasteiger partial charge in [0.05, 0.1) is 17.8 Å². The van der Waals surface area contributed by atoms with Gasteiger partial charge in [-0.2, -0.15) is 5.10 Å². The number of carbonyl (C=O) groups is 1. The Hall–Kier alpha value is -2.04. The van der Waals surface area contributed by atoms with Gasteiger partial charge < -0.3 is 9.64 Å². The highest BCUT2D eigenvalue weighted by Gasteiger charge is 2.27. The third-order valence-corrected chi connectivity index (χ3v) is 4.97. The lowest BCUT2D eigenvalue weighted by molar-refractivity contribution is -0.131. The van der Waals surface area contributed by atoms with Gasteiger partial charge in [0.2, 0.25) is 5.91 Å². The van der Waals surface area contributed by atoms with Gasteiger partial charge >= 0.3 is 0 Å². The van der Waals surface area contributed by atoms with Gasteiger partial charge in [-0.15, -0.1) is 0 Å². The Balaban J connectivity index is 1.64. The van der Waals surface area contributed by atoms with Gasteiger partial charge in [0, 0.05) is 30.5 Å². The smallest absolute Gasteiger partial charge is 0.219 e. The Labute approximate surface area is 137 Å². The standard InChI is InChI=1S/C18H25N3O2/c1-4-21(13(3)22)14-5-7-15(8-6-14)23-18-10-9-17-16(12(18)2)11-19-20-17/h9-11,14-15H,4-8H2,1-3H3,(H,19,20)/t14-,15-. The van der Waals surface area contributed by atoms with Crippen LogP contribution in [0.3, 0.4) is 0 Å². The predicted octanol–water partition coefficient (Wildman–Crippen LogP) is 3.43. The van der Waals surface area contributed by atoms with Gasteiger partial charge in [0.1, 0.15) is 5.75 Å². The molecule has 0 spiro atoms. The normalized spacial score (nSPS) is 21.3. The number of hydrogen-bond donors (Lipinski definition) is 1. The molecule has 0 unspecified atom stereocenters. The summed E-state index contributed by atoms with van der Waals surface area (Å²) in [6.45, 7) is 6.58. The average molecular weight is 315 g/mol. The molecule has 5 nitrogen and oxygen atoms in total. The molecule has 0 bridgehead atoms. The van der Waals surface area contributed by atoms with Crippen LogP contribution < -0.4 is 4.74 Å². The number of ether oxygens (including phenoxy) is 1. The van der Waals surface area contributed by atoms with Crippen LogP contribution in [-0.4, -0.2) is 39.7 Å². The first-order valence-electron chi connectivity index (χ1n) is 8.46. The molecule has 0 radical (unpaired) electrons. The van der Waals surface area contributed by atoms with Gasteiger partial charge in [-0.3, -0.25) is 9.89 Å². The van der Waals surface area contributed by atoms with Crippen molar-refractivity contribution < 1.29 is 9.53 Å². The van der Waals surface area contributed by atoms with Crippen molar-refractivity contribution in [2.75, 3.05) is 6.54 Å². The van der Waals surface area contributed by atoms with E-state index >= 15 is 0 Å². The topological polar surface area (TPSA) is 58.2 Å². The number of aromatic amines is 1. The van der Waals surface area contributed by atoms with Crippen LogP contribution in [0.5, 0.6) is 5.75 Å². The highest BCUT2D eigenvalue weighted by atomic mass is 16.5. The summed E-state index contributed by atoms with van der Waals surface area (Å²) in [6, 6.07) is 4.41. The maximum atomic E-state index is 11.7. The zero-order valence-corrected chi connectivity index (χ0v) is 14.1. The Morgan fingerprint density at radius 3 is 2.74 bits per heavy atom. The molecule has 1 N–H and O–H groups in total. The second kappa shape index (κ2) is 6.60. The van der Waals surface area contributed by atoms with Gasteiger partial charge in [0.25, 0.3) is 0 Å². The summed E-state index contributed by atoms with van der Waals surface area (Å²) in [4.78, 5) is 13.7. The SMILES string of the molecule is CCN(C(C)=O)[C@H]1CC[C@H](Oc2ccc3[nH]ncc3c2C)CC1. The Bertz CT molecular complexity index is 687. The molecule has 1 aliphatic rings. The Morgan fingerprint density at radius 2 is 2.09 bits per heavy atom. The van der Waals surface area contributed by atoms with Gasteiger partial charge in [-0.25, -0.2) is 0 Å². The van der Waals surface area contributed by atoms with E-state index in [9.17, 15) is 4.79 Å². The van der Waals surface area contributed by atoms with E-state index in [0.29, 0.717) is 6.04 Å².